The molecule has 0 aromatic carbocycles. The lowest BCUT2D eigenvalue weighted by Gasteiger charge is -2.11. The Balaban J connectivity index is 4.62. The van der Waals surface area contributed by atoms with Gasteiger partial charge in [0, 0.05) is 18.8 Å². The van der Waals surface area contributed by atoms with Crippen LogP contribution in [0.4, 0.5) is 0 Å². The third-order valence-corrected chi connectivity index (χ3v) is 3.21. The first kappa shape index (κ1) is 19.8. The fourth-order valence-corrected chi connectivity index (χ4v) is 1.92. The smallest absolute Gasteiger partial charge is 0.305 e. The molecule has 0 radical (unpaired) electrons. The van der Waals surface area contributed by atoms with Crippen molar-refractivity contribution in [1.29, 1.82) is 0 Å². The summed E-state index contributed by atoms with van der Waals surface area (Å²) in [4.78, 5) is 34.2. The zero-order valence-corrected chi connectivity index (χ0v) is 13.5. The molecule has 0 rings (SSSR count). The molecule has 0 aliphatic heterocycles. The van der Waals surface area contributed by atoms with E-state index < -0.39 is 11.9 Å². The third kappa shape index (κ3) is 8.89. The lowest BCUT2D eigenvalue weighted by Crippen LogP contribution is -2.19. The Morgan fingerprint density at radius 1 is 1.27 bits per heavy atom. The molecule has 0 fully saturated rings. The second-order valence-electron chi connectivity index (χ2n) is 5.26. The summed E-state index contributed by atoms with van der Waals surface area (Å²) in [6.45, 7) is 7.31. The number of amides is 1. The fourth-order valence-electron chi connectivity index (χ4n) is 1.92. The maximum absolute atomic E-state index is 11.9. The second kappa shape index (κ2) is 10.5. The highest BCUT2D eigenvalue weighted by Crippen LogP contribution is 2.15. The van der Waals surface area contributed by atoms with Crippen molar-refractivity contribution in [2.75, 3.05) is 7.11 Å². The van der Waals surface area contributed by atoms with Crippen LogP contribution in [0, 0.1) is 11.8 Å². The highest BCUT2D eigenvalue weighted by molar-refractivity contribution is 5.92. The summed E-state index contributed by atoms with van der Waals surface area (Å²) in [6.07, 6.45) is 7.26. The van der Waals surface area contributed by atoms with Crippen LogP contribution >= 0.6 is 0 Å². The molecule has 0 saturated carbocycles. The number of allylic oxidation sites excluding steroid dienone is 5. The van der Waals surface area contributed by atoms with Gasteiger partial charge in [0.05, 0.1) is 7.11 Å². The van der Waals surface area contributed by atoms with Gasteiger partial charge in [0.25, 0.3) is 0 Å². The first-order valence-electron chi connectivity index (χ1n) is 7.16. The summed E-state index contributed by atoms with van der Waals surface area (Å²) < 4.78 is 4.58. The van der Waals surface area contributed by atoms with Crippen LogP contribution in [-0.4, -0.2) is 24.8 Å². The minimum absolute atomic E-state index is 0.0444. The Labute approximate surface area is 131 Å². The molecule has 0 bridgehead atoms. The summed E-state index contributed by atoms with van der Waals surface area (Å²) in [5.41, 5.74) is 6.10. The molecule has 0 aromatic rings. The standard InChI is InChI=1S/C17H25NO4/c1-5-12(2)9-13(3)15(19)8-6-7-14(10-16(18)20)11-17(21)22-4/h5-6,8-9,13-14H,1,7,10-11H2,2-4H3,(H2,18,20). The molecule has 5 nitrogen and oxygen atoms in total. The number of ether oxygens (including phenoxy) is 1. The van der Waals surface area contributed by atoms with E-state index in [1.54, 1.807) is 19.1 Å². The molecule has 0 saturated heterocycles. The molecule has 5 heteroatoms. The molecule has 0 aromatic heterocycles. The Kier molecular flexibility index (Phi) is 9.50. The van der Waals surface area contributed by atoms with Crippen LogP contribution in [0.15, 0.2) is 36.5 Å². The van der Waals surface area contributed by atoms with Gasteiger partial charge in [-0.25, -0.2) is 0 Å². The van der Waals surface area contributed by atoms with Crippen LogP contribution in [0.1, 0.15) is 33.1 Å². The number of primary amides is 1. The predicted molar refractivity (Wildman–Crippen MR) is 85.8 cm³/mol. The summed E-state index contributed by atoms with van der Waals surface area (Å²) in [5.74, 6) is -1.42. The lowest BCUT2D eigenvalue weighted by atomic mass is 9.96. The van der Waals surface area contributed by atoms with Gasteiger partial charge in [-0.1, -0.05) is 37.3 Å². The van der Waals surface area contributed by atoms with Crippen molar-refractivity contribution in [2.24, 2.45) is 17.6 Å². The van der Waals surface area contributed by atoms with Gasteiger partial charge < -0.3 is 10.5 Å². The quantitative estimate of drug-likeness (QED) is 0.381. The molecule has 2 unspecified atom stereocenters. The van der Waals surface area contributed by atoms with E-state index in [2.05, 4.69) is 11.3 Å². The number of methoxy groups -OCH3 is 1. The summed E-state index contributed by atoms with van der Waals surface area (Å²) >= 11 is 0. The van der Waals surface area contributed by atoms with E-state index in [4.69, 9.17) is 5.73 Å². The molecule has 2 atom stereocenters. The van der Waals surface area contributed by atoms with Gasteiger partial charge >= 0.3 is 5.97 Å². The summed E-state index contributed by atoms with van der Waals surface area (Å²) in [7, 11) is 1.29. The molecule has 2 N–H and O–H groups in total. The second-order valence-corrected chi connectivity index (χ2v) is 5.26. The van der Waals surface area contributed by atoms with Crippen molar-refractivity contribution in [3.63, 3.8) is 0 Å². The highest BCUT2D eigenvalue weighted by atomic mass is 16.5. The van der Waals surface area contributed by atoms with Crippen molar-refractivity contribution in [3.05, 3.63) is 36.5 Å². The molecule has 0 aliphatic rings. The average molecular weight is 307 g/mol. The molecule has 0 aliphatic carbocycles. The monoisotopic (exact) mass is 307 g/mol. The molecule has 0 spiro atoms. The summed E-state index contributed by atoms with van der Waals surface area (Å²) in [6, 6.07) is 0. The van der Waals surface area contributed by atoms with E-state index in [0.717, 1.165) is 5.57 Å². The van der Waals surface area contributed by atoms with Gasteiger partial charge in [0.1, 0.15) is 0 Å². The van der Waals surface area contributed by atoms with Gasteiger partial charge in [-0.05, 0) is 25.3 Å². The number of hydrogen-bond donors (Lipinski definition) is 1. The molecular weight excluding hydrogens is 282 g/mol. The van der Waals surface area contributed by atoms with Gasteiger partial charge in [-0.3, -0.25) is 14.4 Å². The lowest BCUT2D eigenvalue weighted by molar-refractivity contribution is -0.141. The molecule has 0 heterocycles. The van der Waals surface area contributed by atoms with Crippen LogP contribution in [0.5, 0.6) is 0 Å². The van der Waals surface area contributed by atoms with Crippen LogP contribution in [0.2, 0.25) is 0 Å². The Morgan fingerprint density at radius 2 is 1.91 bits per heavy atom. The van der Waals surface area contributed by atoms with Crippen molar-refractivity contribution >= 4 is 17.7 Å². The Hall–Kier alpha value is -2.17. The van der Waals surface area contributed by atoms with Gasteiger partial charge in [-0.2, -0.15) is 0 Å². The molecular formula is C17H25NO4. The van der Waals surface area contributed by atoms with Gasteiger partial charge in [-0.15, -0.1) is 0 Å². The van der Waals surface area contributed by atoms with Crippen molar-refractivity contribution < 1.29 is 19.1 Å². The van der Waals surface area contributed by atoms with E-state index in [1.807, 2.05) is 13.0 Å². The third-order valence-electron chi connectivity index (χ3n) is 3.21. The minimum Gasteiger partial charge on any atom is -0.469 e. The maximum atomic E-state index is 11.9. The van der Waals surface area contributed by atoms with Gasteiger partial charge in [0.2, 0.25) is 5.91 Å². The van der Waals surface area contributed by atoms with E-state index >= 15 is 0 Å². The van der Waals surface area contributed by atoms with Crippen molar-refractivity contribution in [3.8, 4) is 0 Å². The zero-order valence-electron chi connectivity index (χ0n) is 13.5. The van der Waals surface area contributed by atoms with Crippen molar-refractivity contribution in [2.45, 2.75) is 33.1 Å². The first-order chi connectivity index (χ1) is 10.3. The minimum atomic E-state index is -0.480. The first-order valence-corrected chi connectivity index (χ1v) is 7.16. The molecule has 22 heavy (non-hydrogen) atoms. The molecule has 1 amide bonds. The number of hydrogen-bond acceptors (Lipinski definition) is 4. The topological polar surface area (TPSA) is 86.5 Å². The number of nitrogens with two attached hydrogens (primary N) is 1. The summed E-state index contributed by atoms with van der Waals surface area (Å²) in [5, 5.41) is 0. The average Bonchev–Trinajstić information content (AvgIpc) is 2.45. The Bertz CT molecular complexity index is 477. The number of rotatable bonds is 10. The van der Waals surface area contributed by atoms with Crippen LogP contribution in [-0.2, 0) is 19.1 Å². The maximum Gasteiger partial charge on any atom is 0.305 e. The number of carbonyl (C=O) groups excluding carboxylic acids is 3. The fraction of sp³-hybridized carbons (Fsp3) is 0.471. The van der Waals surface area contributed by atoms with Crippen LogP contribution in [0.25, 0.3) is 0 Å². The van der Waals surface area contributed by atoms with E-state index in [1.165, 1.54) is 13.2 Å². The normalized spacial score (nSPS) is 14.4. The van der Waals surface area contributed by atoms with E-state index in [-0.39, 0.29) is 30.5 Å². The SMILES string of the molecule is C=CC(C)=CC(C)C(=O)C=CCC(CC(N)=O)CC(=O)OC. The number of esters is 1. The zero-order chi connectivity index (χ0) is 17.1. The highest BCUT2D eigenvalue weighted by Gasteiger charge is 2.16. The Morgan fingerprint density at radius 3 is 2.41 bits per heavy atom. The van der Waals surface area contributed by atoms with E-state index in [0.29, 0.717) is 6.42 Å². The van der Waals surface area contributed by atoms with Gasteiger partial charge in [0.15, 0.2) is 5.78 Å². The predicted octanol–water partition coefficient (Wildman–Crippen LogP) is 2.32. The number of ketones is 1. The van der Waals surface area contributed by atoms with Crippen molar-refractivity contribution in [1.82, 2.24) is 0 Å². The van der Waals surface area contributed by atoms with E-state index in [9.17, 15) is 14.4 Å². The largest absolute Gasteiger partial charge is 0.469 e. The molecule has 122 valence electrons. The number of carbonyl (C=O) groups is 3. The van der Waals surface area contributed by atoms with Crippen LogP contribution in [0.3, 0.4) is 0 Å². The van der Waals surface area contributed by atoms with Crippen LogP contribution < -0.4 is 5.73 Å².